The summed E-state index contributed by atoms with van der Waals surface area (Å²) in [5.41, 5.74) is 6.17. The number of nitrogens with two attached hydrogens (primary N) is 1. The van der Waals surface area contributed by atoms with Crippen LogP contribution in [0.1, 0.15) is 26.7 Å². The third-order valence-corrected chi connectivity index (χ3v) is 3.70. The monoisotopic (exact) mass is 184 g/mol. The molecule has 1 saturated heterocycles. The van der Waals surface area contributed by atoms with Gasteiger partial charge >= 0.3 is 0 Å². The molecular formula is C10H20N2O. The van der Waals surface area contributed by atoms with Crippen LogP contribution in [-0.4, -0.2) is 42.3 Å². The average molecular weight is 184 g/mol. The minimum atomic E-state index is 0.345. The zero-order valence-electron chi connectivity index (χ0n) is 8.62. The number of ether oxygens (including phenoxy) is 1. The van der Waals surface area contributed by atoms with Gasteiger partial charge in [0.2, 0.25) is 0 Å². The molecule has 0 amide bonds. The normalized spacial score (nSPS) is 39.0. The first-order valence-electron chi connectivity index (χ1n) is 5.28. The van der Waals surface area contributed by atoms with E-state index in [-0.39, 0.29) is 0 Å². The number of hydrogen-bond acceptors (Lipinski definition) is 3. The average Bonchev–Trinajstić information content (AvgIpc) is 2.90. The second kappa shape index (κ2) is 3.23. The number of nitrogens with zero attached hydrogens (tertiary/aromatic N) is 1. The Morgan fingerprint density at radius 1 is 1.46 bits per heavy atom. The van der Waals surface area contributed by atoms with Gasteiger partial charge in [0.25, 0.3) is 0 Å². The second-order valence-electron chi connectivity index (χ2n) is 4.44. The SMILES string of the molecule is CC1OCCN(C2(CN)CC2)C1C. The Bertz CT molecular complexity index is 191. The van der Waals surface area contributed by atoms with Crippen LogP contribution < -0.4 is 5.73 Å². The highest BCUT2D eigenvalue weighted by molar-refractivity contribution is 5.07. The Morgan fingerprint density at radius 2 is 2.15 bits per heavy atom. The van der Waals surface area contributed by atoms with E-state index in [1.54, 1.807) is 0 Å². The Kier molecular flexibility index (Phi) is 2.34. The van der Waals surface area contributed by atoms with Crippen LogP contribution in [0, 0.1) is 0 Å². The van der Waals surface area contributed by atoms with Crippen molar-refractivity contribution in [1.29, 1.82) is 0 Å². The summed E-state index contributed by atoms with van der Waals surface area (Å²) in [5, 5.41) is 0. The molecule has 0 bridgehead atoms. The zero-order valence-corrected chi connectivity index (χ0v) is 8.62. The molecule has 76 valence electrons. The quantitative estimate of drug-likeness (QED) is 0.682. The molecule has 1 heterocycles. The first kappa shape index (κ1) is 9.44. The Balaban J connectivity index is 2.05. The van der Waals surface area contributed by atoms with Crippen LogP contribution in [-0.2, 0) is 4.74 Å². The number of hydrogen-bond donors (Lipinski definition) is 1. The van der Waals surface area contributed by atoms with Gasteiger partial charge in [0, 0.05) is 24.7 Å². The van der Waals surface area contributed by atoms with Crippen molar-refractivity contribution in [3.63, 3.8) is 0 Å². The lowest BCUT2D eigenvalue weighted by Crippen LogP contribution is -2.56. The van der Waals surface area contributed by atoms with Crippen molar-refractivity contribution in [2.45, 2.75) is 44.4 Å². The topological polar surface area (TPSA) is 38.5 Å². The molecule has 1 saturated carbocycles. The summed E-state index contributed by atoms with van der Waals surface area (Å²) in [4.78, 5) is 2.56. The summed E-state index contributed by atoms with van der Waals surface area (Å²) >= 11 is 0. The van der Waals surface area contributed by atoms with Crippen molar-refractivity contribution in [3.05, 3.63) is 0 Å². The van der Waals surface area contributed by atoms with E-state index in [1.165, 1.54) is 12.8 Å². The first-order chi connectivity index (χ1) is 6.19. The van der Waals surface area contributed by atoms with Crippen LogP contribution in [0.4, 0.5) is 0 Å². The molecule has 0 radical (unpaired) electrons. The van der Waals surface area contributed by atoms with E-state index in [0.717, 1.165) is 19.7 Å². The van der Waals surface area contributed by atoms with Gasteiger partial charge in [0.15, 0.2) is 0 Å². The molecule has 0 aromatic carbocycles. The molecular weight excluding hydrogens is 164 g/mol. The van der Waals surface area contributed by atoms with Crippen LogP contribution in [0.5, 0.6) is 0 Å². The molecule has 2 rings (SSSR count). The Morgan fingerprint density at radius 3 is 2.69 bits per heavy atom. The molecule has 2 unspecified atom stereocenters. The molecule has 2 N–H and O–H groups in total. The van der Waals surface area contributed by atoms with Crippen molar-refractivity contribution in [2.75, 3.05) is 19.7 Å². The summed E-state index contributed by atoms with van der Waals surface area (Å²) in [6, 6.07) is 0.528. The summed E-state index contributed by atoms with van der Waals surface area (Å²) in [5.74, 6) is 0. The van der Waals surface area contributed by atoms with Crippen LogP contribution in [0.2, 0.25) is 0 Å². The van der Waals surface area contributed by atoms with Crippen LogP contribution in [0.25, 0.3) is 0 Å². The highest BCUT2D eigenvalue weighted by Gasteiger charge is 2.49. The zero-order chi connectivity index (χ0) is 9.47. The van der Waals surface area contributed by atoms with E-state index >= 15 is 0 Å². The van der Waals surface area contributed by atoms with Gasteiger partial charge in [-0.15, -0.1) is 0 Å². The predicted octanol–water partition coefficient (Wildman–Crippen LogP) is 0.587. The van der Waals surface area contributed by atoms with Crippen molar-refractivity contribution in [3.8, 4) is 0 Å². The molecule has 3 nitrogen and oxygen atoms in total. The molecule has 1 aliphatic heterocycles. The molecule has 0 aromatic rings. The van der Waals surface area contributed by atoms with Crippen molar-refractivity contribution < 1.29 is 4.74 Å². The van der Waals surface area contributed by atoms with Gasteiger partial charge < -0.3 is 10.5 Å². The van der Waals surface area contributed by atoms with Gasteiger partial charge in [-0.1, -0.05) is 0 Å². The van der Waals surface area contributed by atoms with E-state index in [4.69, 9.17) is 10.5 Å². The van der Waals surface area contributed by atoms with Gasteiger partial charge in [-0.05, 0) is 26.7 Å². The maximum atomic E-state index is 5.82. The summed E-state index contributed by atoms with van der Waals surface area (Å²) in [6.07, 6.45) is 2.92. The molecule has 2 atom stereocenters. The van der Waals surface area contributed by atoms with Gasteiger partial charge in [-0.25, -0.2) is 0 Å². The van der Waals surface area contributed by atoms with Gasteiger partial charge in [0.05, 0.1) is 12.7 Å². The summed E-state index contributed by atoms with van der Waals surface area (Å²) in [7, 11) is 0. The largest absolute Gasteiger partial charge is 0.376 e. The van der Waals surface area contributed by atoms with Gasteiger partial charge in [-0.2, -0.15) is 0 Å². The number of rotatable bonds is 2. The van der Waals surface area contributed by atoms with Gasteiger partial charge in [-0.3, -0.25) is 4.90 Å². The summed E-state index contributed by atoms with van der Waals surface area (Å²) < 4.78 is 5.61. The fourth-order valence-corrected chi connectivity index (χ4v) is 2.36. The molecule has 2 fully saturated rings. The lowest BCUT2D eigenvalue weighted by atomic mass is 10.1. The standard InChI is InChI=1S/C10H20N2O/c1-8-9(2)13-6-5-12(8)10(7-11)3-4-10/h8-9H,3-7,11H2,1-2H3. The predicted molar refractivity (Wildman–Crippen MR) is 52.6 cm³/mol. The van der Waals surface area contributed by atoms with Crippen LogP contribution in [0.15, 0.2) is 0 Å². The fourth-order valence-electron chi connectivity index (χ4n) is 2.36. The lowest BCUT2D eigenvalue weighted by molar-refractivity contribution is -0.0756. The number of morpholine rings is 1. The maximum absolute atomic E-state index is 5.82. The highest BCUT2D eigenvalue weighted by Crippen LogP contribution is 2.43. The molecule has 2 aliphatic rings. The third kappa shape index (κ3) is 1.49. The second-order valence-corrected chi connectivity index (χ2v) is 4.44. The van der Waals surface area contributed by atoms with Crippen LogP contribution >= 0.6 is 0 Å². The van der Waals surface area contributed by atoms with Crippen molar-refractivity contribution in [1.82, 2.24) is 4.90 Å². The van der Waals surface area contributed by atoms with Crippen LogP contribution in [0.3, 0.4) is 0 Å². The minimum Gasteiger partial charge on any atom is -0.376 e. The van der Waals surface area contributed by atoms with E-state index in [1.807, 2.05) is 0 Å². The van der Waals surface area contributed by atoms with E-state index in [9.17, 15) is 0 Å². The van der Waals surface area contributed by atoms with Crippen molar-refractivity contribution in [2.24, 2.45) is 5.73 Å². The first-order valence-corrected chi connectivity index (χ1v) is 5.28. The third-order valence-electron chi connectivity index (χ3n) is 3.70. The van der Waals surface area contributed by atoms with E-state index in [2.05, 4.69) is 18.7 Å². The molecule has 13 heavy (non-hydrogen) atoms. The Labute approximate surface area is 80.2 Å². The summed E-state index contributed by atoms with van der Waals surface area (Å²) in [6.45, 7) is 7.14. The molecule has 3 heteroatoms. The van der Waals surface area contributed by atoms with E-state index in [0.29, 0.717) is 17.7 Å². The maximum Gasteiger partial charge on any atom is 0.0700 e. The molecule has 1 aliphatic carbocycles. The highest BCUT2D eigenvalue weighted by atomic mass is 16.5. The Hall–Kier alpha value is -0.120. The molecule has 0 spiro atoms. The minimum absolute atomic E-state index is 0.345. The van der Waals surface area contributed by atoms with E-state index < -0.39 is 0 Å². The fraction of sp³-hybridized carbons (Fsp3) is 1.00. The smallest absolute Gasteiger partial charge is 0.0700 e. The van der Waals surface area contributed by atoms with Gasteiger partial charge in [0.1, 0.15) is 0 Å². The van der Waals surface area contributed by atoms with Crippen molar-refractivity contribution >= 4 is 0 Å². The lowest BCUT2D eigenvalue weighted by Gasteiger charge is -2.42. The molecule has 0 aromatic heterocycles.